The van der Waals surface area contributed by atoms with Crippen LogP contribution in [0.15, 0.2) is 48.7 Å². The molecule has 4 nitrogen and oxygen atoms in total. The zero-order chi connectivity index (χ0) is 19.2. The number of nitrogens with zero attached hydrogens (tertiary/aromatic N) is 1. The number of hydrogen-bond donors (Lipinski definition) is 2. The summed E-state index contributed by atoms with van der Waals surface area (Å²) in [5.74, 6) is -0.227. The molecule has 27 heavy (non-hydrogen) atoms. The molecule has 2 heterocycles. The van der Waals surface area contributed by atoms with Gasteiger partial charge in [-0.3, -0.25) is 5.10 Å². The van der Waals surface area contributed by atoms with Crippen molar-refractivity contribution in [2.45, 2.75) is 6.18 Å². The van der Waals surface area contributed by atoms with Crippen molar-refractivity contribution >= 4 is 22.5 Å². The van der Waals surface area contributed by atoms with Gasteiger partial charge in [-0.1, -0.05) is 17.7 Å². The highest BCUT2D eigenvalue weighted by Gasteiger charge is 2.34. The van der Waals surface area contributed by atoms with E-state index in [2.05, 4.69) is 15.2 Å². The number of hydrogen-bond acceptors (Lipinski definition) is 2. The quantitative estimate of drug-likeness (QED) is 0.456. The number of H-pyrrole nitrogens is 2. The van der Waals surface area contributed by atoms with Gasteiger partial charge in [0.05, 0.1) is 29.1 Å². The van der Waals surface area contributed by atoms with E-state index < -0.39 is 11.7 Å². The monoisotopic (exact) mass is 391 g/mol. The fourth-order valence-electron chi connectivity index (χ4n) is 2.96. The number of fused-ring (bicyclic) bond motifs is 1. The average molecular weight is 392 g/mol. The smallest absolute Gasteiger partial charge is 0.419 e. The van der Waals surface area contributed by atoms with E-state index in [-0.39, 0.29) is 5.75 Å². The summed E-state index contributed by atoms with van der Waals surface area (Å²) in [6.45, 7) is 0. The number of alkyl halides is 3. The molecule has 0 aliphatic rings. The van der Waals surface area contributed by atoms with Crippen molar-refractivity contribution in [1.29, 1.82) is 0 Å². The molecule has 2 N–H and O–H groups in total. The number of nitrogens with one attached hydrogen (secondary N) is 2. The number of rotatable bonds is 3. The number of methoxy groups -OCH3 is 1. The summed E-state index contributed by atoms with van der Waals surface area (Å²) < 4.78 is 44.5. The van der Waals surface area contributed by atoms with Crippen molar-refractivity contribution in [1.82, 2.24) is 15.2 Å². The van der Waals surface area contributed by atoms with Gasteiger partial charge >= 0.3 is 6.18 Å². The Labute approximate surface area is 156 Å². The molecule has 0 aliphatic heterocycles. The lowest BCUT2D eigenvalue weighted by Crippen LogP contribution is -2.07. The van der Waals surface area contributed by atoms with Gasteiger partial charge in [-0.2, -0.15) is 18.3 Å². The second kappa shape index (κ2) is 6.35. The predicted molar refractivity (Wildman–Crippen MR) is 97.9 cm³/mol. The Morgan fingerprint density at radius 2 is 1.81 bits per heavy atom. The van der Waals surface area contributed by atoms with Gasteiger partial charge in [-0.15, -0.1) is 0 Å². The van der Waals surface area contributed by atoms with E-state index in [9.17, 15) is 13.2 Å². The first-order chi connectivity index (χ1) is 12.9. The largest absolute Gasteiger partial charge is 0.496 e. The molecule has 0 radical (unpaired) electrons. The first kappa shape index (κ1) is 17.5. The van der Waals surface area contributed by atoms with Gasteiger partial charge in [0.15, 0.2) is 0 Å². The van der Waals surface area contributed by atoms with Crippen molar-refractivity contribution in [2.75, 3.05) is 7.11 Å². The number of aromatic amines is 2. The molecule has 138 valence electrons. The molecule has 0 aliphatic carbocycles. The van der Waals surface area contributed by atoms with Crippen LogP contribution in [0.4, 0.5) is 13.2 Å². The van der Waals surface area contributed by atoms with Crippen LogP contribution in [0.3, 0.4) is 0 Å². The van der Waals surface area contributed by atoms with Crippen molar-refractivity contribution in [3.63, 3.8) is 0 Å². The molecular formula is C19H13ClF3N3O. The van der Waals surface area contributed by atoms with Gasteiger partial charge in [0.1, 0.15) is 5.75 Å². The van der Waals surface area contributed by atoms with E-state index >= 15 is 0 Å². The maximum atomic E-state index is 13.2. The molecular weight excluding hydrogens is 379 g/mol. The normalized spacial score (nSPS) is 11.9. The lowest BCUT2D eigenvalue weighted by molar-refractivity contribution is -0.138. The number of ether oxygens (including phenoxy) is 1. The van der Waals surface area contributed by atoms with Crippen LogP contribution < -0.4 is 4.74 Å². The third-order valence-corrected chi connectivity index (χ3v) is 4.63. The average Bonchev–Trinajstić information content (AvgIpc) is 3.28. The zero-order valence-corrected chi connectivity index (χ0v) is 14.7. The van der Waals surface area contributed by atoms with Crippen LogP contribution in [0.5, 0.6) is 5.75 Å². The van der Waals surface area contributed by atoms with E-state index in [1.807, 2.05) is 18.2 Å². The third-order valence-electron chi connectivity index (χ3n) is 4.32. The summed E-state index contributed by atoms with van der Waals surface area (Å²) in [5, 5.41) is 8.48. The molecule has 4 rings (SSSR count). The maximum Gasteiger partial charge on any atom is 0.419 e. The molecule has 0 spiro atoms. The van der Waals surface area contributed by atoms with Crippen molar-refractivity contribution in [3.05, 3.63) is 59.2 Å². The predicted octanol–water partition coefficient (Wildman–Crippen LogP) is 5.91. The third kappa shape index (κ3) is 3.14. The van der Waals surface area contributed by atoms with Crippen LogP contribution >= 0.6 is 11.6 Å². The summed E-state index contributed by atoms with van der Waals surface area (Å²) >= 11 is 6.15. The topological polar surface area (TPSA) is 53.7 Å². The lowest BCUT2D eigenvalue weighted by Gasteiger charge is -2.12. The molecule has 2 aromatic carbocycles. The lowest BCUT2D eigenvalue weighted by atomic mass is 10.0. The van der Waals surface area contributed by atoms with Gasteiger partial charge < -0.3 is 9.72 Å². The van der Waals surface area contributed by atoms with Gasteiger partial charge in [0, 0.05) is 28.2 Å². The summed E-state index contributed by atoms with van der Waals surface area (Å²) in [6.07, 6.45) is -2.82. The SMILES string of the molecule is COc1ccc(-c2cc(-c3ccc4[nH]cc(Cl)c4c3)[nH]n2)cc1C(F)(F)F. The zero-order valence-electron chi connectivity index (χ0n) is 14.0. The maximum absolute atomic E-state index is 13.2. The van der Waals surface area contributed by atoms with Crippen molar-refractivity contribution in [2.24, 2.45) is 0 Å². The van der Waals surface area contributed by atoms with Crippen LogP contribution in [0.2, 0.25) is 5.02 Å². The fraction of sp³-hybridized carbons (Fsp3) is 0.105. The first-order valence-corrected chi connectivity index (χ1v) is 8.32. The van der Waals surface area contributed by atoms with Gasteiger partial charge in [0.2, 0.25) is 0 Å². The molecule has 2 aromatic heterocycles. The highest BCUT2D eigenvalue weighted by atomic mass is 35.5. The fourth-order valence-corrected chi connectivity index (χ4v) is 3.17. The molecule has 0 unspecified atom stereocenters. The number of halogens is 4. The Balaban J connectivity index is 1.74. The van der Waals surface area contributed by atoms with Crippen LogP contribution in [0, 0.1) is 0 Å². The Morgan fingerprint density at radius 3 is 2.56 bits per heavy atom. The number of benzene rings is 2. The summed E-state index contributed by atoms with van der Waals surface area (Å²) in [4.78, 5) is 3.05. The van der Waals surface area contributed by atoms with E-state index in [0.29, 0.717) is 22.0 Å². The molecule has 4 aromatic rings. The summed E-state index contributed by atoms with van der Waals surface area (Å²) in [6, 6.07) is 11.2. The van der Waals surface area contributed by atoms with Crippen LogP contribution in [-0.2, 0) is 6.18 Å². The second-order valence-corrected chi connectivity index (χ2v) is 6.38. The minimum Gasteiger partial charge on any atom is -0.496 e. The Hall–Kier alpha value is -2.93. The van der Waals surface area contributed by atoms with Gasteiger partial charge in [0.25, 0.3) is 0 Å². The molecule has 0 amide bonds. The van der Waals surface area contributed by atoms with Crippen LogP contribution in [0.1, 0.15) is 5.56 Å². The first-order valence-electron chi connectivity index (χ1n) is 7.95. The van der Waals surface area contributed by atoms with Crippen LogP contribution in [-0.4, -0.2) is 22.3 Å². The van der Waals surface area contributed by atoms with E-state index in [1.165, 1.54) is 13.2 Å². The Bertz CT molecular complexity index is 1130. The van der Waals surface area contributed by atoms with Crippen molar-refractivity contribution in [3.8, 4) is 28.3 Å². The van der Waals surface area contributed by atoms with Crippen molar-refractivity contribution < 1.29 is 17.9 Å². The minimum absolute atomic E-state index is 0.227. The molecule has 8 heteroatoms. The Morgan fingerprint density at radius 1 is 1.04 bits per heavy atom. The number of aromatic nitrogens is 3. The summed E-state index contributed by atoms with van der Waals surface area (Å²) in [5.41, 5.74) is 2.30. The van der Waals surface area contributed by atoms with Gasteiger partial charge in [-0.25, -0.2) is 0 Å². The molecule has 0 atom stereocenters. The molecule has 0 bridgehead atoms. The highest BCUT2D eigenvalue weighted by Crippen LogP contribution is 2.39. The second-order valence-electron chi connectivity index (χ2n) is 5.98. The standard InChI is InChI=1S/C19H13ClF3N3O/c1-27-18-5-3-11(7-13(18)19(21,22)23)17-8-16(25-26-17)10-2-4-15-12(6-10)14(20)9-24-15/h2-9,24H,1H3,(H,25,26). The minimum atomic E-state index is -4.52. The molecule has 0 fully saturated rings. The van der Waals surface area contributed by atoms with Gasteiger partial charge in [-0.05, 0) is 36.4 Å². The molecule has 0 saturated carbocycles. The Kier molecular flexibility index (Phi) is 4.11. The van der Waals surface area contributed by atoms with E-state index in [4.69, 9.17) is 16.3 Å². The molecule has 0 saturated heterocycles. The van der Waals surface area contributed by atoms with Crippen LogP contribution in [0.25, 0.3) is 33.4 Å². The summed E-state index contributed by atoms with van der Waals surface area (Å²) in [7, 11) is 1.21. The highest BCUT2D eigenvalue weighted by molar-refractivity contribution is 6.35. The van der Waals surface area contributed by atoms with E-state index in [0.717, 1.165) is 22.5 Å². The van der Waals surface area contributed by atoms with E-state index in [1.54, 1.807) is 18.3 Å².